The van der Waals surface area contributed by atoms with Gasteiger partial charge in [0.15, 0.2) is 0 Å². The van der Waals surface area contributed by atoms with Crippen LogP contribution in [-0.4, -0.2) is 32.7 Å². The first kappa shape index (κ1) is 21.2. The van der Waals surface area contributed by atoms with Crippen molar-refractivity contribution in [2.75, 3.05) is 6.26 Å². The quantitative estimate of drug-likeness (QED) is 0.554. The van der Waals surface area contributed by atoms with Gasteiger partial charge in [0, 0.05) is 12.0 Å². The van der Waals surface area contributed by atoms with Gasteiger partial charge in [0.05, 0.1) is 6.26 Å². The molecular weight excluding hydrogens is 359 g/mol. The second-order valence-corrected chi connectivity index (χ2v) is 6.26. The Labute approximate surface area is 137 Å². The first-order valence-electron chi connectivity index (χ1n) is 6.00. The first-order chi connectivity index (χ1) is 9.96. The largest absolute Gasteiger partial charge is 0.389 e. The third-order valence-electron chi connectivity index (χ3n) is 2.44. The number of sulfonamides is 1. The van der Waals surface area contributed by atoms with Crippen molar-refractivity contribution in [2.24, 2.45) is 0 Å². The molecule has 0 spiro atoms. The van der Waals surface area contributed by atoms with Crippen LogP contribution in [0.25, 0.3) is 0 Å². The van der Waals surface area contributed by atoms with E-state index >= 15 is 0 Å². The number of carbonyl (C=O) groups excluding carboxylic acids is 1. The lowest BCUT2D eigenvalue weighted by Crippen LogP contribution is -2.42. The number of carbonyl (C=O) groups is 1. The van der Waals surface area contributed by atoms with Gasteiger partial charge in [-0.1, -0.05) is 12.1 Å². The van der Waals surface area contributed by atoms with Crippen molar-refractivity contribution >= 4 is 34.3 Å². The number of rotatable bonds is 4. The number of alkyl halides is 3. The molecule has 1 rings (SSSR count). The summed E-state index contributed by atoms with van der Waals surface area (Å²) in [4.78, 5) is 11.7. The van der Waals surface area contributed by atoms with Gasteiger partial charge in [-0.2, -0.15) is 13.2 Å². The van der Waals surface area contributed by atoms with E-state index in [-0.39, 0.29) is 24.4 Å². The molecule has 0 heterocycles. The molecule has 0 aliphatic rings. The highest BCUT2D eigenvalue weighted by atomic mass is 35.5. The number of guanidine groups is 1. The zero-order chi connectivity index (χ0) is 17.0. The molecule has 0 aliphatic carbocycles. The number of hydrogen-bond acceptors (Lipinski definition) is 4. The minimum absolute atomic E-state index is 0. The van der Waals surface area contributed by atoms with E-state index < -0.39 is 34.5 Å². The van der Waals surface area contributed by atoms with Gasteiger partial charge in [-0.05, 0) is 24.1 Å². The lowest BCUT2D eigenvalue weighted by Gasteiger charge is -2.09. The second kappa shape index (κ2) is 8.16. The summed E-state index contributed by atoms with van der Waals surface area (Å²) in [5.41, 5.74) is 0.508. The normalized spacial score (nSPS) is 11.3. The summed E-state index contributed by atoms with van der Waals surface area (Å²) in [6, 6.07) is 5.34. The standard InChI is InChI=1S/C12H14F3N3O3S.ClH/c1-22(20,21)18-11(16)17-10(19)9-4-2-8(3-5-9)6-7-12(13,14)15;/h2-5H,6-7H2,1H3,(H3,16,17,18,19);1H. The fraction of sp³-hybridized carbons (Fsp3) is 0.333. The van der Waals surface area contributed by atoms with E-state index in [0.29, 0.717) is 5.56 Å². The molecule has 1 aromatic carbocycles. The number of benzene rings is 1. The van der Waals surface area contributed by atoms with Crippen LogP contribution in [0.5, 0.6) is 0 Å². The van der Waals surface area contributed by atoms with Crippen LogP contribution >= 0.6 is 12.4 Å². The third-order valence-corrected chi connectivity index (χ3v) is 3.01. The Morgan fingerprint density at radius 1 is 1.22 bits per heavy atom. The van der Waals surface area contributed by atoms with Crippen LogP contribution in [0.3, 0.4) is 0 Å². The smallest absolute Gasteiger partial charge is 0.292 e. The highest BCUT2D eigenvalue weighted by molar-refractivity contribution is 7.89. The Morgan fingerprint density at radius 3 is 2.17 bits per heavy atom. The summed E-state index contributed by atoms with van der Waals surface area (Å²) in [5, 5.41) is 9.26. The average Bonchev–Trinajstić information content (AvgIpc) is 2.33. The first-order valence-corrected chi connectivity index (χ1v) is 7.89. The minimum atomic E-state index is -4.25. The fourth-order valence-corrected chi connectivity index (χ4v) is 1.93. The maximum atomic E-state index is 12.1. The van der Waals surface area contributed by atoms with Crippen molar-refractivity contribution in [3.05, 3.63) is 35.4 Å². The maximum Gasteiger partial charge on any atom is 0.389 e. The Kier molecular flexibility index (Phi) is 7.52. The van der Waals surface area contributed by atoms with Gasteiger partial charge in [0.25, 0.3) is 5.91 Å². The molecular formula is C12H15ClF3N3O3S. The molecule has 130 valence electrons. The molecule has 1 aromatic rings. The predicted molar refractivity (Wildman–Crippen MR) is 81.2 cm³/mol. The zero-order valence-corrected chi connectivity index (χ0v) is 13.5. The van der Waals surface area contributed by atoms with Gasteiger partial charge < -0.3 is 0 Å². The predicted octanol–water partition coefficient (Wildman–Crippen LogP) is 1.82. The molecule has 0 bridgehead atoms. The molecule has 0 aliphatic heterocycles. The van der Waals surface area contributed by atoms with E-state index in [9.17, 15) is 26.4 Å². The van der Waals surface area contributed by atoms with E-state index in [0.717, 1.165) is 6.26 Å². The molecule has 0 unspecified atom stereocenters. The van der Waals surface area contributed by atoms with Gasteiger partial charge in [-0.25, -0.2) is 8.42 Å². The summed E-state index contributed by atoms with van der Waals surface area (Å²) in [7, 11) is -3.68. The number of amides is 1. The van der Waals surface area contributed by atoms with Gasteiger partial charge in [0.2, 0.25) is 16.0 Å². The van der Waals surface area contributed by atoms with Gasteiger partial charge >= 0.3 is 6.18 Å². The van der Waals surface area contributed by atoms with Crippen LogP contribution in [0.2, 0.25) is 0 Å². The van der Waals surface area contributed by atoms with Gasteiger partial charge in [-0.15, -0.1) is 12.4 Å². The van der Waals surface area contributed by atoms with Crippen molar-refractivity contribution in [1.82, 2.24) is 10.0 Å². The Morgan fingerprint density at radius 2 is 1.74 bits per heavy atom. The molecule has 3 N–H and O–H groups in total. The van der Waals surface area contributed by atoms with E-state index in [2.05, 4.69) is 0 Å². The number of nitrogens with one attached hydrogen (secondary N) is 3. The van der Waals surface area contributed by atoms with Crippen molar-refractivity contribution < 1.29 is 26.4 Å². The SMILES string of the molecule is CS(=O)(=O)NC(=N)NC(=O)c1ccc(CCC(F)(F)F)cc1.Cl. The number of halogens is 4. The Bertz CT molecular complexity index is 660. The zero-order valence-electron chi connectivity index (χ0n) is 11.9. The highest BCUT2D eigenvalue weighted by Crippen LogP contribution is 2.22. The van der Waals surface area contributed by atoms with Crippen LogP contribution in [0, 0.1) is 5.41 Å². The molecule has 0 aromatic heterocycles. The maximum absolute atomic E-state index is 12.1. The molecule has 0 atom stereocenters. The van der Waals surface area contributed by atoms with Crippen LogP contribution in [-0.2, 0) is 16.4 Å². The summed E-state index contributed by atoms with van der Waals surface area (Å²) >= 11 is 0. The van der Waals surface area contributed by atoms with Crippen LogP contribution < -0.4 is 10.0 Å². The lowest BCUT2D eigenvalue weighted by atomic mass is 10.1. The topological polar surface area (TPSA) is 99.1 Å². The van der Waals surface area contributed by atoms with E-state index in [4.69, 9.17) is 5.41 Å². The van der Waals surface area contributed by atoms with E-state index in [1.165, 1.54) is 24.3 Å². The monoisotopic (exact) mass is 373 g/mol. The summed E-state index contributed by atoms with van der Waals surface area (Å²) in [6.07, 6.45) is -4.58. The molecule has 0 saturated carbocycles. The van der Waals surface area contributed by atoms with Crippen LogP contribution in [0.4, 0.5) is 13.2 Å². The molecule has 11 heteroatoms. The molecule has 6 nitrogen and oxygen atoms in total. The lowest BCUT2D eigenvalue weighted by molar-refractivity contribution is -0.134. The summed E-state index contributed by atoms with van der Waals surface area (Å²) in [5.74, 6) is -1.46. The van der Waals surface area contributed by atoms with Gasteiger partial charge in [-0.3, -0.25) is 20.2 Å². The van der Waals surface area contributed by atoms with Crippen LogP contribution in [0.1, 0.15) is 22.3 Å². The Balaban J connectivity index is 0.00000484. The summed E-state index contributed by atoms with van der Waals surface area (Å²) in [6.45, 7) is 0. The number of aryl methyl sites for hydroxylation is 1. The average molecular weight is 374 g/mol. The Hall–Kier alpha value is -1.81. The second-order valence-electron chi connectivity index (χ2n) is 4.52. The van der Waals surface area contributed by atoms with Crippen molar-refractivity contribution in [3.8, 4) is 0 Å². The molecule has 1 amide bonds. The summed E-state index contributed by atoms with van der Waals surface area (Å²) < 4.78 is 59.7. The van der Waals surface area contributed by atoms with Crippen molar-refractivity contribution in [2.45, 2.75) is 19.0 Å². The van der Waals surface area contributed by atoms with Crippen LogP contribution in [0.15, 0.2) is 24.3 Å². The third kappa shape index (κ3) is 9.04. The van der Waals surface area contributed by atoms with E-state index in [1.54, 1.807) is 4.72 Å². The molecule has 23 heavy (non-hydrogen) atoms. The fourth-order valence-electron chi connectivity index (χ4n) is 1.51. The molecule has 0 radical (unpaired) electrons. The van der Waals surface area contributed by atoms with Crippen molar-refractivity contribution in [1.29, 1.82) is 5.41 Å². The number of hydrogen-bond donors (Lipinski definition) is 3. The molecule has 0 fully saturated rings. The highest BCUT2D eigenvalue weighted by Gasteiger charge is 2.26. The van der Waals surface area contributed by atoms with Gasteiger partial charge in [0.1, 0.15) is 0 Å². The minimum Gasteiger partial charge on any atom is -0.292 e. The van der Waals surface area contributed by atoms with Crippen molar-refractivity contribution in [3.63, 3.8) is 0 Å². The molecule has 0 saturated heterocycles. The van der Waals surface area contributed by atoms with E-state index in [1.807, 2.05) is 5.32 Å².